The van der Waals surface area contributed by atoms with Crippen LogP contribution >= 0.6 is 0 Å². The highest BCUT2D eigenvalue weighted by Gasteiger charge is 2.41. The number of hydrogen-bond acceptors (Lipinski definition) is 5. The van der Waals surface area contributed by atoms with Gasteiger partial charge >= 0.3 is 0 Å². The molecule has 3 heterocycles. The number of carbonyl (C=O) groups is 2. The Labute approximate surface area is 141 Å². The van der Waals surface area contributed by atoms with Gasteiger partial charge in [-0.25, -0.2) is 4.98 Å². The molecular weight excluding hydrogens is 310 g/mol. The van der Waals surface area contributed by atoms with Crippen molar-refractivity contribution in [1.29, 1.82) is 0 Å². The van der Waals surface area contributed by atoms with Gasteiger partial charge in [-0.1, -0.05) is 0 Å². The molecule has 8 nitrogen and oxygen atoms in total. The molecule has 0 unspecified atom stereocenters. The molecule has 0 saturated carbocycles. The summed E-state index contributed by atoms with van der Waals surface area (Å²) in [6.45, 7) is 3.66. The molecule has 1 spiro atoms. The molecule has 0 aromatic carbocycles. The number of aromatic nitrogens is 3. The number of carbonyl (C=O) groups excluding carboxylic acids is 2. The predicted molar refractivity (Wildman–Crippen MR) is 86.3 cm³/mol. The molecule has 3 rings (SSSR count). The number of piperidine rings is 2. The van der Waals surface area contributed by atoms with Crippen molar-refractivity contribution in [3.8, 4) is 0 Å². The van der Waals surface area contributed by atoms with E-state index < -0.39 is 0 Å². The van der Waals surface area contributed by atoms with Crippen LogP contribution in [-0.4, -0.2) is 76.7 Å². The number of likely N-dealkylation sites (tertiary alicyclic amines) is 2. The summed E-state index contributed by atoms with van der Waals surface area (Å²) in [6, 6.07) is 0. The van der Waals surface area contributed by atoms with Crippen molar-refractivity contribution in [2.75, 3.05) is 39.9 Å². The van der Waals surface area contributed by atoms with Crippen molar-refractivity contribution in [2.24, 2.45) is 5.41 Å². The van der Waals surface area contributed by atoms with Gasteiger partial charge in [0.25, 0.3) is 5.91 Å². The quantitative estimate of drug-likeness (QED) is 0.799. The minimum Gasteiger partial charge on any atom is -0.385 e. The van der Waals surface area contributed by atoms with Crippen LogP contribution < -0.4 is 0 Å². The lowest BCUT2D eigenvalue weighted by molar-refractivity contribution is -0.139. The smallest absolute Gasteiger partial charge is 0.291 e. The molecular formula is C16H25N5O3. The Kier molecular flexibility index (Phi) is 5.13. The second-order valence-electron chi connectivity index (χ2n) is 6.79. The van der Waals surface area contributed by atoms with Crippen LogP contribution in [-0.2, 0) is 9.53 Å². The van der Waals surface area contributed by atoms with E-state index in [2.05, 4.69) is 15.2 Å². The number of H-pyrrole nitrogens is 1. The van der Waals surface area contributed by atoms with E-state index in [9.17, 15) is 9.59 Å². The van der Waals surface area contributed by atoms with Crippen molar-refractivity contribution in [3.05, 3.63) is 12.2 Å². The third-order valence-corrected chi connectivity index (χ3v) is 5.25. The van der Waals surface area contributed by atoms with Crippen LogP contribution in [0.5, 0.6) is 0 Å². The third kappa shape index (κ3) is 3.58. The SMILES string of the molecule is COCCCN1CC2(CCC1=O)CCN(C(=O)c1ncn[nH]1)CC2. The van der Waals surface area contributed by atoms with E-state index in [1.807, 2.05) is 9.80 Å². The Morgan fingerprint density at radius 2 is 2.17 bits per heavy atom. The van der Waals surface area contributed by atoms with Crippen LogP contribution in [0.4, 0.5) is 0 Å². The van der Waals surface area contributed by atoms with E-state index in [1.54, 1.807) is 7.11 Å². The lowest BCUT2D eigenvalue weighted by Gasteiger charge is -2.47. The minimum absolute atomic E-state index is 0.0915. The van der Waals surface area contributed by atoms with Gasteiger partial charge in [0.2, 0.25) is 11.7 Å². The van der Waals surface area contributed by atoms with Crippen LogP contribution in [0.15, 0.2) is 6.33 Å². The maximum absolute atomic E-state index is 12.3. The zero-order valence-corrected chi connectivity index (χ0v) is 14.2. The summed E-state index contributed by atoms with van der Waals surface area (Å²) in [5.41, 5.74) is 0.152. The normalized spacial score (nSPS) is 20.6. The first-order chi connectivity index (χ1) is 11.6. The first-order valence-electron chi connectivity index (χ1n) is 8.55. The molecule has 0 atom stereocenters. The van der Waals surface area contributed by atoms with E-state index in [1.165, 1.54) is 6.33 Å². The Hall–Kier alpha value is -1.96. The Morgan fingerprint density at radius 1 is 1.38 bits per heavy atom. The number of ether oxygens (including phenoxy) is 1. The van der Waals surface area contributed by atoms with Gasteiger partial charge < -0.3 is 14.5 Å². The molecule has 2 amide bonds. The molecule has 1 aromatic rings. The number of rotatable bonds is 5. The summed E-state index contributed by atoms with van der Waals surface area (Å²) in [5, 5.41) is 6.37. The number of amides is 2. The lowest BCUT2D eigenvalue weighted by atomic mass is 9.72. The topological polar surface area (TPSA) is 91.4 Å². The maximum Gasteiger partial charge on any atom is 0.291 e. The summed E-state index contributed by atoms with van der Waals surface area (Å²) in [7, 11) is 1.68. The number of nitrogens with zero attached hydrogens (tertiary/aromatic N) is 4. The fourth-order valence-electron chi connectivity index (χ4n) is 3.76. The summed E-state index contributed by atoms with van der Waals surface area (Å²) in [6.07, 6.45) is 5.62. The van der Waals surface area contributed by atoms with E-state index in [0.717, 1.165) is 38.8 Å². The minimum atomic E-state index is -0.0915. The molecule has 2 aliphatic heterocycles. The molecule has 2 fully saturated rings. The van der Waals surface area contributed by atoms with E-state index in [0.29, 0.717) is 31.9 Å². The molecule has 2 saturated heterocycles. The molecule has 1 aromatic heterocycles. The van der Waals surface area contributed by atoms with Gasteiger partial charge in [0.1, 0.15) is 6.33 Å². The summed E-state index contributed by atoms with van der Waals surface area (Å²) >= 11 is 0. The van der Waals surface area contributed by atoms with Crippen LogP contribution in [0.3, 0.4) is 0 Å². The van der Waals surface area contributed by atoms with Crippen molar-refractivity contribution < 1.29 is 14.3 Å². The first-order valence-corrected chi connectivity index (χ1v) is 8.55. The van der Waals surface area contributed by atoms with Crippen LogP contribution in [0, 0.1) is 5.41 Å². The molecule has 2 aliphatic rings. The monoisotopic (exact) mass is 335 g/mol. The fraction of sp³-hybridized carbons (Fsp3) is 0.750. The highest BCUT2D eigenvalue weighted by Crippen LogP contribution is 2.40. The summed E-state index contributed by atoms with van der Waals surface area (Å²) in [4.78, 5) is 32.2. The number of aromatic amines is 1. The van der Waals surface area contributed by atoms with Crippen LogP contribution in [0.2, 0.25) is 0 Å². The van der Waals surface area contributed by atoms with Crippen LogP contribution in [0.25, 0.3) is 0 Å². The molecule has 1 N–H and O–H groups in total. The number of hydrogen-bond donors (Lipinski definition) is 1. The average Bonchev–Trinajstić information content (AvgIpc) is 3.13. The molecule has 0 aliphatic carbocycles. The Balaban J connectivity index is 1.56. The third-order valence-electron chi connectivity index (χ3n) is 5.25. The Morgan fingerprint density at radius 3 is 2.83 bits per heavy atom. The number of methoxy groups -OCH3 is 1. The summed E-state index contributed by atoms with van der Waals surface area (Å²) in [5.74, 6) is 0.453. The zero-order valence-electron chi connectivity index (χ0n) is 14.2. The predicted octanol–water partition coefficient (Wildman–Crippen LogP) is 0.686. The molecule has 0 radical (unpaired) electrons. The van der Waals surface area contributed by atoms with E-state index >= 15 is 0 Å². The van der Waals surface area contributed by atoms with Crippen LogP contribution in [0.1, 0.15) is 42.7 Å². The van der Waals surface area contributed by atoms with Gasteiger partial charge in [0.05, 0.1) is 0 Å². The molecule has 132 valence electrons. The van der Waals surface area contributed by atoms with Gasteiger partial charge in [0, 0.05) is 46.3 Å². The zero-order chi connectivity index (χ0) is 17.0. The van der Waals surface area contributed by atoms with Gasteiger partial charge in [-0.2, -0.15) is 5.10 Å². The van der Waals surface area contributed by atoms with Gasteiger partial charge in [-0.3, -0.25) is 14.7 Å². The standard InChI is InChI=1S/C16H25N5O3/c1-24-10-2-7-21-11-16(4-3-13(21)22)5-8-20(9-6-16)15(23)14-17-12-18-19-14/h12H,2-11H2,1H3,(H,17,18,19). The number of nitrogens with one attached hydrogen (secondary N) is 1. The molecule has 24 heavy (non-hydrogen) atoms. The van der Waals surface area contributed by atoms with Crippen molar-refractivity contribution in [2.45, 2.75) is 32.1 Å². The lowest BCUT2D eigenvalue weighted by Crippen LogP contribution is -2.52. The Bertz CT molecular complexity index is 566. The van der Waals surface area contributed by atoms with E-state index in [4.69, 9.17) is 4.74 Å². The highest BCUT2D eigenvalue weighted by atomic mass is 16.5. The molecule has 8 heteroatoms. The average molecular weight is 335 g/mol. The van der Waals surface area contributed by atoms with Gasteiger partial charge in [-0.15, -0.1) is 0 Å². The van der Waals surface area contributed by atoms with E-state index in [-0.39, 0.29) is 17.2 Å². The van der Waals surface area contributed by atoms with Crippen molar-refractivity contribution in [1.82, 2.24) is 25.0 Å². The van der Waals surface area contributed by atoms with Gasteiger partial charge in [-0.05, 0) is 31.1 Å². The fourth-order valence-corrected chi connectivity index (χ4v) is 3.76. The largest absolute Gasteiger partial charge is 0.385 e. The maximum atomic E-state index is 12.3. The first kappa shape index (κ1) is 16.9. The summed E-state index contributed by atoms with van der Waals surface area (Å²) < 4.78 is 5.08. The molecule has 0 bridgehead atoms. The highest BCUT2D eigenvalue weighted by molar-refractivity contribution is 5.90. The van der Waals surface area contributed by atoms with Crippen molar-refractivity contribution >= 4 is 11.8 Å². The second-order valence-corrected chi connectivity index (χ2v) is 6.79. The second kappa shape index (κ2) is 7.29. The van der Waals surface area contributed by atoms with Gasteiger partial charge in [0.15, 0.2) is 0 Å². The van der Waals surface area contributed by atoms with Crippen molar-refractivity contribution in [3.63, 3.8) is 0 Å².